The van der Waals surface area contributed by atoms with Gasteiger partial charge in [0.25, 0.3) is 0 Å². The summed E-state index contributed by atoms with van der Waals surface area (Å²) in [5.74, 6) is -3.21. The highest BCUT2D eigenvalue weighted by Gasteiger charge is 2.40. The lowest BCUT2D eigenvalue weighted by molar-refractivity contribution is -0.144. The first-order chi connectivity index (χ1) is 10.5. The van der Waals surface area contributed by atoms with Crippen molar-refractivity contribution in [3.05, 3.63) is 34.9 Å². The number of benzene rings is 1. The van der Waals surface area contributed by atoms with E-state index < -0.39 is 46.8 Å². The molecule has 1 aromatic carbocycles. The molecule has 1 saturated carbocycles. The number of halogens is 6. The lowest BCUT2D eigenvalue weighted by atomic mass is 9.83. The second-order valence-corrected chi connectivity index (χ2v) is 5.70. The molecule has 1 aliphatic carbocycles. The number of aliphatic carboxylic acids is 1. The summed E-state index contributed by atoms with van der Waals surface area (Å²) in [5, 5.41) is 9.31. The van der Waals surface area contributed by atoms with E-state index in [9.17, 15) is 36.2 Å². The molecule has 23 heavy (non-hydrogen) atoms. The van der Waals surface area contributed by atoms with Crippen LogP contribution in [0.1, 0.15) is 48.3 Å². The third kappa shape index (κ3) is 3.97. The Labute approximate surface area is 128 Å². The SMILES string of the molecule is O=C(O)C(c1cc(C(F)(F)F)cc(C(F)(F)F)c1)C1CCCC1. The summed E-state index contributed by atoms with van der Waals surface area (Å²) in [6, 6.07) is 1.05. The van der Waals surface area contributed by atoms with Crippen molar-refractivity contribution in [1.82, 2.24) is 0 Å². The van der Waals surface area contributed by atoms with Crippen LogP contribution in [0.4, 0.5) is 26.3 Å². The van der Waals surface area contributed by atoms with Crippen LogP contribution in [0.5, 0.6) is 0 Å². The summed E-state index contributed by atoms with van der Waals surface area (Å²) in [6.07, 6.45) is -7.55. The molecule has 0 aromatic heterocycles. The first kappa shape index (κ1) is 17.6. The van der Waals surface area contributed by atoms with Gasteiger partial charge in [-0.25, -0.2) is 0 Å². The molecule has 1 atom stereocenters. The van der Waals surface area contributed by atoms with Gasteiger partial charge in [-0.05, 0) is 42.5 Å². The van der Waals surface area contributed by atoms with Gasteiger partial charge in [-0.1, -0.05) is 12.8 Å². The molecule has 128 valence electrons. The lowest BCUT2D eigenvalue weighted by Gasteiger charge is -2.22. The van der Waals surface area contributed by atoms with Gasteiger partial charge in [0.2, 0.25) is 0 Å². The fourth-order valence-electron chi connectivity index (χ4n) is 3.07. The first-order valence-electron chi connectivity index (χ1n) is 7.02. The Hall–Kier alpha value is -1.73. The normalized spacial score (nSPS) is 18.2. The Morgan fingerprint density at radius 2 is 1.39 bits per heavy atom. The molecule has 0 heterocycles. The molecule has 0 radical (unpaired) electrons. The van der Waals surface area contributed by atoms with Crippen LogP contribution >= 0.6 is 0 Å². The van der Waals surface area contributed by atoms with Gasteiger partial charge in [-0.2, -0.15) is 26.3 Å². The fraction of sp³-hybridized carbons (Fsp3) is 0.533. The predicted molar refractivity (Wildman–Crippen MR) is 68.8 cm³/mol. The minimum Gasteiger partial charge on any atom is -0.481 e. The zero-order chi connectivity index (χ0) is 17.4. The topological polar surface area (TPSA) is 37.3 Å². The molecule has 8 heteroatoms. The van der Waals surface area contributed by atoms with E-state index in [2.05, 4.69) is 0 Å². The maximum atomic E-state index is 12.9. The highest BCUT2D eigenvalue weighted by atomic mass is 19.4. The van der Waals surface area contributed by atoms with Crippen LogP contribution < -0.4 is 0 Å². The molecule has 1 aliphatic rings. The lowest BCUT2D eigenvalue weighted by Crippen LogP contribution is -2.21. The summed E-state index contributed by atoms with van der Waals surface area (Å²) >= 11 is 0. The Kier molecular flexibility index (Phi) is 4.64. The quantitative estimate of drug-likeness (QED) is 0.779. The summed E-state index contributed by atoms with van der Waals surface area (Å²) in [4.78, 5) is 11.4. The van der Waals surface area contributed by atoms with Gasteiger partial charge in [0, 0.05) is 0 Å². The van der Waals surface area contributed by atoms with Crippen molar-refractivity contribution in [1.29, 1.82) is 0 Å². The van der Waals surface area contributed by atoms with Gasteiger partial charge < -0.3 is 5.11 Å². The van der Waals surface area contributed by atoms with Gasteiger partial charge in [-0.3, -0.25) is 4.79 Å². The van der Waals surface area contributed by atoms with Crippen molar-refractivity contribution < 1.29 is 36.2 Å². The monoisotopic (exact) mass is 340 g/mol. The molecular weight excluding hydrogens is 326 g/mol. The Bertz CT molecular complexity index is 552. The average molecular weight is 340 g/mol. The minimum atomic E-state index is -4.98. The number of hydrogen-bond donors (Lipinski definition) is 1. The maximum Gasteiger partial charge on any atom is 0.416 e. The van der Waals surface area contributed by atoms with E-state index in [4.69, 9.17) is 0 Å². The number of carboxylic acids is 1. The van der Waals surface area contributed by atoms with E-state index in [1.165, 1.54) is 0 Å². The van der Waals surface area contributed by atoms with E-state index in [0.29, 0.717) is 25.0 Å². The van der Waals surface area contributed by atoms with Gasteiger partial charge >= 0.3 is 18.3 Å². The molecule has 2 rings (SSSR count). The van der Waals surface area contributed by atoms with Gasteiger partial charge in [0.05, 0.1) is 17.0 Å². The number of hydrogen-bond acceptors (Lipinski definition) is 1. The van der Waals surface area contributed by atoms with Crippen LogP contribution in [-0.4, -0.2) is 11.1 Å². The van der Waals surface area contributed by atoms with Crippen molar-refractivity contribution >= 4 is 5.97 Å². The van der Waals surface area contributed by atoms with E-state index in [0.717, 1.165) is 12.8 Å². The van der Waals surface area contributed by atoms with Crippen molar-refractivity contribution in [3.8, 4) is 0 Å². The zero-order valence-corrected chi connectivity index (χ0v) is 11.8. The van der Waals surface area contributed by atoms with Gasteiger partial charge in [0.1, 0.15) is 0 Å². The summed E-state index contributed by atoms with van der Waals surface area (Å²) in [6.45, 7) is 0. The summed E-state index contributed by atoms with van der Waals surface area (Å²) in [5.41, 5.74) is -3.40. The molecule has 0 bridgehead atoms. The van der Waals surface area contributed by atoms with Crippen LogP contribution in [0, 0.1) is 5.92 Å². The van der Waals surface area contributed by atoms with Gasteiger partial charge in [0.15, 0.2) is 0 Å². The van der Waals surface area contributed by atoms with Crippen molar-refractivity contribution in [2.24, 2.45) is 5.92 Å². The number of alkyl halides is 6. The van der Waals surface area contributed by atoms with E-state index in [1.54, 1.807) is 0 Å². The molecule has 1 fully saturated rings. The molecule has 0 saturated heterocycles. The molecular formula is C15H14F6O2. The third-order valence-electron chi connectivity index (χ3n) is 4.11. The molecule has 1 unspecified atom stereocenters. The highest BCUT2D eigenvalue weighted by molar-refractivity contribution is 5.76. The third-order valence-corrected chi connectivity index (χ3v) is 4.11. The van der Waals surface area contributed by atoms with Crippen molar-refractivity contribution in [2.45, 2.75) is 44.0 Å². The van der Waals surface area contributed by atoms with Crippen LogP contribution in [0.2, 0.25) is 0 Å². The molecule has 1 N–H and O–H groups in total. The average Bonchev–Trinajstić information content (AvgIpc) is 2.89. The smallest absolute Gasteiger partial charge is 0.416 e. The van der Waals surface area contributed by atoms with Crippen LogP contribution in [-0.2, 0) is 17.1 Å². The first-order valence-corrected chi connectivity index (χ1v) is 7.02. The summed E-state index contributed by atoms with van der Waals surface area (Å²) < 4.78 is 77.2. The van der Waals surface area contributed by atoms with E-state index in [-0.39, 0.29) is 6.07 Å². The second kappa shape index (κ2) is 6.05. The van der Waals surface area contributed by atoms with Gasteiger partial charge in [-0.15, -0.1) is 0 Å². The largest absolute Gasteiger partial charge is 0.481 e. The molecule has 0 spiro atoms. The van der Waals surface area contributed by atoms with Crippen LogP contribution in [0.15, 0.2) is 18.2 Å². The Balaban J connectivity index is 2.56. The van der Waals surface area contributed by atoms with E-state index >= 15 is 0 Å². The van der Waals surface area contributed by atoms with Crippen molar-refractivity contribution in [2.75, 3.05) is 0 Å². The number of rotatable bonds is 3. The predicted octanol–water partition coefficient (Wildman–Crippen LogP) is 5.08. The highest BCUT2D eigenvalue weighted by Crippen LogP contribution is 2.42. The Morgan fingerprint density at radius 1 is 0.957 bits per heavy atom. The molecule has 0 aliphatic heterocycles. The molecule has 0 amide bonds. The van der Waals surface area contributed by atoms with Crippen LogP contribution in [0.25, 0.3) is 0 Å². The zero-order valence-electron chi connectivity index (χ0n) is 11.8. The molecule has 2 nitrogen and oxygen atoms in total. The molecule has 1 aromatic rings. The maximum absolute atomic E-state index is 12.9. The standard InChI is InChI=1S/C15H14F6O2/c16-14(17,18)10-5-9(6-11(7-10)15(19,20)21)12(13(22)23)8-3-1-2-4-8/h5-8,12H,1-4H2,(H,22,23). The minimum absolute atomic E-state index is 0.0110. The van der Waals surface area contributed by atoms with Crippen molar-refractivity contribution in [3.63, 3.8) is 0 Å². The fourth-order valence-corrected chi connectivity index (χ4v) is 3.07. The van der Waals surface area contributed by atoms with E-state index in [1.807, 2.05) is 0 Å². The van der Waals surface area contributed by atoms with Crippen LogP contribution in [0.3, 0.4) is 0 Å². The summed E-state index contributed by atoms with van der Waals surface area (Å²) in [7, 11) is 0. The number of carboxylic acid groups (broad SMARTS) is 1. The number of carbonyl (C=O) groups is 1. The Morgan fingerprint density at radius 3 is 1.74 bits per heavy atom. The second-order valence-electron chi connectivity index (χ2n) is 5.70.